The molecule has 0 bridgehead atoms. The molecule has 1 fully saturated rings. The normalized spacial score (nSPS) is 18.2. The molecule has 2 unspecified atom stereocenters. The third-order valence-corrected chi connectivity index (χ3v) is 6.05. The first-order chi connectivity index (χ1) is 16.3. The standard InChI is InChI=1S/C25H18F4N4S/c26-17-9-11-18(12-10-17)33-23(22(31-24(33)34)20-7-1-2-13-30-20)21-8-4-14-32(21)19-6-3-5-16(15-19)25(27,28)29/h1-15,22-23H,(H,31,34). The fourth-order valence-corrected chi connectivity index (χ4v) is 4.58. The number of halogens is 4. The van der Waals surface area contributed by atoms with Gasteiger partial charge in [-0.2, -0.15) is 13.2 Å². The molecule has 0 saturated carbocycles. The van der Waals surface area contributed by atoms with E-state index in [1.165, 1.54) is 18.2 Å². The Morgan fingerprint density at radius 1 is 0.882 bits per heavy atom. The van der Waals surface area contributed by atoms with Crippen LogP contribution in [0.1, 0.15) is 29.0 Å². The zero-order valence-corrected chi connectivity index (χ0v) is 18.4. The van der Waals surface area contributed by atoms with Crippen molar-refractivity contribution in [3.8, 4) is 5.69 Å². The van der Waals surface area contributed by atoms with Crippen molar-refractivity contribution in [2.45, 2.75) is 18.3 Å². The van der Waals surface area contributed by atoms with E-state index in [1.807, 2.05) is 23.1 Å². The molecule has 3 heterocycles. The van der Waals surface area contributed by atoms with E-state index in [9.17, 15) is 17.6 Å². The van der Waals surface area contributed by atoms with Gasteiger partial charge in [-0.3, -0.25) is 4.98 Å². The monoisotopic (exact) mass is 482 g/mol. The number of nitrogens with zero attached hydrogens (tertiary/aromatic N) is 3. The van der Waals surface area contributed by atoms with Gasteiger partial charge in [0.15, 0.2) is 5.11 Å². The Hall–Kier alpha value is -3.72. The lowest BCUT2D eigenvalue weighted by molar-refractivity contribution is -0.137. The van der Waals surface area contributed by atoms with Crippen LogP contribution in [0.3, 0.4) is 0 Å². The van der Waals surface area contributed by atoms with E-state index in [4.69, 9.17) is 12.2 Å². The Morgan fingerprint density at radius 2 is 1.68 bits per heavy atom. The zero-order chi connectivity index (χ0) is 23.9. The molecule has 1 N–H and O–H groups in total. The molecule has 1 aliphatic rings. The second-order valence-electron chi connectivity index (χ2n) is 7.82. The summed E-state index contributed by atoms with van der Waals surface area (Å²) in [5, 5.41) is 3.70. The summed E-state index contributed by atoms with van der Waals surface area (Å²) in [6.45, 7) is 0. The van der Waals surface area contributed by atoms with Crippen LogP contribution in [0.5, 0.6) is 0 Å². The predicted octanol–water partition coefficient (Wildman–Crippen LogP) is 6.21. The highest BCUT2D eigenvalue weighted by Crippen LogP contribution is 2.42. The number of hydrogen-bond donors (Lipinski definition) is 1. The second-order valence-corrected chi connectivity index (χ2v) is 8.21. The molecule has 0 aliphatic carbocycles. The third-order valence-electron chi connectivity index (χ3n) is 5.74. The molecule has 1 saturated heterocycles. The smallest absolute Gasteiger partial charge is 0.351 e. The van der Waals surface area contributed by atoms with Gasteiger partial charge in [0.25, 0.3) is 0 Å². The number of thiocarbonyl (C=S) groups is 1. The van der Waals surface area contributed by atoms with Crippen LogP contribution in [-0.4, -0.2) is 14.7 Å². The van der Waals surface area contributed by atoms with Gasteiger partial charge >= 0.3 is 6.18 Å². The molecule has 4 nitrogen and oxygen atoms in total. The molecule has 9 heteroatoms. The number of benzene rings is 2. The van der Waals surface area contributed by atoms with E-state index >= 15 is 0 Å². The summed E-state index contributed by atoms with van der Waals surface area (Å²) < 4.78 is 55.5. The van der Waals surface area contributed by atoms with Crippen molar-refractivity contribution < 1.29 is 17.6 Å². The lowest BCUT2D eigenvalue weighted by Gasteiger charge is -2.29. The van der Waals surface area contributed by atoms with Crippen LogP contribution in [0.15, 0.2) is 91.3 Å². The summed E-state index contributed by atoms with van der Waals surface area (Å²) in [5.74, 6) is -0.382. The SMILES string of the molecule is Fc1ccc(N2C(=S)NC(c3ccccn3)C2c2cccn2-c2cccc(C(F)(F)F)c2)cc1. The highest BCUT2D eigenvalue weighted by Gasteiger charge is 2.42. The lowest BCUT2D eigenvalue weighted by atomic mass is 10.0. The Morgan fingerprint density at radius 3 is 2.38 bits per heavy atom. The van der Waals surface area contributed by atoms with Gasteiger partial charge in [-0.15, -0.1) is 0 Å². The van der Waals surface area contributed by atoms with Gasteiger partial charge in [0.2, 0.25) is 0 Å². The van der Waals surface area contributed by atoms with Gasteiger partial charge in [-0.05, 0) is 78.9 Å². The molecule has 2 atom stereocenters. The maximum atomic E-state index is 13.6. The summed E-state index contributed by atoms with van der Waals surface area (Å²) in [5.41, 5.74) is 1.70. The Kier molecular flexibility index (Phi) is 5.57. The van der Waals surface area contributed by atoms with Crippen molar-refractivity contribution >= 4 is 23.0 Å². The number of aromatic nitrogens is 2. The van der Waals surface area contributed by atoms with E-state index in [0.29, 0.717) is 22.2 Å². The first-order valence-electron chi connectivity index (χ1n) is 10.4. The topological polar surface area (TPSA) is 33.1 Å². The van der Waals surface area contributed by atoms with Crippen LogP contribution in [0.4, 0.5) is 23.2 Å². The van der Waals surface area contributed by atoms with Crippen molar-refractivity contribution in [2.75, 3.05) is 4.90 Å². The minimum absolute atomic E-state index is 0.367. The van der Waals surface area contributed by atoms with E-state index in [1.54, 1.807) is 47.3 Å². The second kappa shape index (κ2) is 8.57. The first kappa shape index (κ1) is 22.1. The summed E-state index contributed by atoms with van der Waals surface area (Å²) in [6.07, 6.45) is -1.08. The largest absolute Gasteiger partial charge is 0.416 e. The van der Waals surface area contributed by atoms with Crippen molar-refractivity contribution in [2.24, 2.45) is 0 Å². The van der Waals surface area contributed by atoms with Gasteiger partial charge in [0.1, 0.15) is 11.9 Å². The van der Waals surface area contributed by atoms with Crippen LogP contribution < -0.4 is 10.2 Å². The molecule has 0 amide bonds. The summed E-state index contributed by atoms with van der Waals surface area (Å²) in [4.78, 5) is 6.32. The quantitative estimate of drug-likeness (QED) is 0.277. The van der Waals surface area contributed by atoms with Crippen LogP contribution in [0, 0.1) is 5.82 Å². The first-order valence-corrected chi connectivity index (χ1v) is 10.8. The van der Waals surface area contributed by atoms with Crippen LogP contribution in [0.2, 0.25) is 0 Å². The predicted molar refractivity (Wildman–Crippen MR) is 125 cm³/mol. The van der Waals surface area contributed by atoms with E-state index in [-0.39, 0.29) is 5.82 Å². The number of alkyl halides is 3. The van der Waals surface area contributed by atoms with Gasteiger partial charge in [0.05, 0.1) is 17.3 Å². The number of anilines is 1. The molecule has 34 heavy (non-hydrogen) atoms. The van der Waals surface area contributed by atoms with Crippen LogP contribution in [-0.2, 0) is 6.18 Å². The molecule has 0 spiro atoms. The van der Waals surface area contributed by atoms with Gasteiger partial charge < -0.3 is 14.8 Å². The molecule has 2 aromatic carbocycles. The van der Waals surface area contributed by atoms with E-state index in [0.717, 1.165) is 17.8 Å². The Labute approximate surface area is 198 Å². The number of nitrogens with one attached hydrogen (secondary N) is 1. The van der Waals surface area contributed by atoms with Crippen molar-refractivity contribution in [3.63, 3.8) is 0 Å². The zero-order valence-electron chi connectivity index (χ0n) is 17.6. The maximum absolute atomic E-state index is 13.6. The number of hydrogen-bond acceptors (Lipinski definition) is 2. The fraction of sp³-hybridized carbons (Fsp3) is 0.120. The van der Waals surface area contributed by atoms with Crippen LogP contribution >= 0.6 is 12.2 Å². The summed E-state index contributed by atoms with van der Waals surface area (Å²) in [7, 11) is 0. The average Bonchev–Trinajstić information content (AvgIpc) is 3.44. The van der Waals surface area contributed by atoms with E-state index in [2.05, 4.69) is 10.3 Å². The molecule has 0 radical (unpaired) electrons. The third kappa shape index (κ3) is 4.03. The molecule has 5 rings (SSSR count). The molecule has 1 aliphatic heterocycles. The number of pyridine rings is 1. The van der Waals surface area contributed by atoms with Crippen molar-refractivity contribution in [1.82, 2.24) is 14.9 Å². The lowest BCUT2D eigenvalue weighted by Crippen LogP contribution is -2.30. The Bertz CT molecular complexity index is 1320. The highest BCUT2D eigenvalue weighted by atomic mass is 32.1. The fourth-order valence-electron chi connectivity index (χ4n) is 4.24. The van der Waals surface area contributed by atoms with Gasteiger partial charge in [-0.1, -0.05) is 12.1 Å². The molecule has 172 valence electrons. The molecule has 2 aromatic heterocycles. The maximum Gasteiger partial charge on any atom is 0.416 e. The van der Waals surface area contributed by atoms with Crippen molar-refractivity contribution in [1.29, 1.82) is 0 Å². The molecule has 4 aromatic rings. The van der Waals surface area contributed by atoms with Crippen LogP contribution in [0.25, 0.3) is 5.69 Å². The molecular weight excluding hydrogens is 464 g/mol. The van der Waals surface area contributed by atoms with Gasteiger partial charge in [-0.25, -0.2) is 4.39 Å². The van der Waals surface area contributed by atoms with E-state index < -0.39 is 23.8 Å². The number of rotatable bonds is 4. The minimum atomic E-state index is -4.46. The summed E-state index contributed by atoms with van der Waals surface area (Å²) in [6, 6.07) is 19.4. The summed E-state index contributed by atoms with van der Waals surface area (Å²) >= 11 is 5.65. The average molecular weight is 483 g/mol. The molecular formula is C25H18F4N4S. The van der Waals surface area contributed by atoms with Crippen molar-refractivity contribution in [3.05, 3.63) is 114 Å². The minimum Gasteiger partial charge on any atom is -0.351 e. The Balaban J connectivity index is 1.66. The van der Waals surface area contributed by atoms with Gasteiger partial charge in [0, 0.05) is 29.5 Å². The highest BCUT2D eigenvalue weighted by molar-refractivity contribution is 7.80.